The summed E-state index contributed by atoms with van der Waals surface area (Å²) in [5.41, 5.74) is 0.161. The first kappa shape index (κ1) is 12.6. The zero-order chi connectivity index (χ0) is 13.2. The molecule has 0 aliphatic carbocycles. The van der Waals surface area contributed by atoms with Crippen molar-refractivity contribution in [1.82, 2.24) is 9.97 Å². The summed E-state index contributed by atoms with van der Waals surface area (Å²) in [6.45, 7) is 0.347. The van der Waals surface area contributed by atoms with Crippen LogP contribution in [0.3, 0.4) is 0 Å². The molecular formula is C11H11F3N4. The summed E-state index contributed by atoms with van der Waals surface area (Å²) in [6, 6.07) is 3.27. The number of hydrogen-bond acceptors (Lipinski definition) is 4. The molecule has 4 nitrogen and oxygen atoms in total. The zero-order valence-electron chi connectivity index (χ0n) is 9.48. The highest BCUT2D eigenvalue weighted by Gasteiger charge is 2.42. The van der Waals surface area contributed by atoms with Crippen LogP contribution in [0.2, 0.25) is 0 Å². The van der Waals surface area contributed by atoms with E-state index in [1.165, 1.54) is 17.2 Å². The molecule has 0 saturated carbocycles. The molecule has 1 aromatic heterocycles. The first-order valence-corrected chi connectivity index (χ1v) is 5.55. The smallest absolute Gasteiger partial charge is 0.340 e. The van der Waals surface area contributed by atoms with Crippen molar-refractivity contribution in [3.63, 3.8) is 0 Å². The third kappa shape index (κ3) is 2.70. The van der Waals surface area contributed by atoms with Crippen LogP contribution in [0.15, 0.2) is 12.3 Å². The SMILES string of the molecule is N#Cc1ccnc(N2CCCC(C(F)(F)F)C2)n1. The number of piperidine rings is 1. The normalized spacial score (nSPS) is 20.6. The highest BCUT2D eigenvalue weighted by molar-refractivity contribution is 5.34. The van der Waals surface area contributed by atoms with Crippen molar-refractivity contribution >= 4 is 5.95 Å². The van der Waals surface area contributed by atoms with E-state index < -0.39 is 12.1 Å². The minimum absolute atomic E-state index is 0.137. The Morgan fingerprint density at radius 2 is 2.22 bits per heavy atom. The van der Waals surface area contributed by atoms with Crippen LogP contribution < -0.4 is 4.90 Å². The standard InChI is InChI=1S/C11H11F3N4/c12-11(13,14)8-2-1-5-18(7-8)10-16-4-3-9(6-15)17-10/h3-4,8H,1-2,5,7H2. The van der Waals surface area contributed by atoms with Crippen LogP contribution in [-0.4, -0.2) is 29.2 Å². The zero-order valence-corrected chi connectivity index (χ0v) is 9.48. The Balaban J connectivity index is 2.16. The van der Waals surface area contributed by atoms with Gasteiger partial charge in [-0.3, -0.25) is 0 Å². The molecule has 0 amide bonds. The molecule has 0 radical (unpaired) electrons. The Morgan fingerprint density at radius 3 is 2.89 bits per heavy atom. The van der Waals surface area contributed by atoms with Crippen molar-refractivity contribution in [3.8, 4) is 6.07 Å². The lowest BCUT2D eigenvalue weighted by Crippen LogP contribution is -2.42. The minimum Gasteiger partial charge on any atom is -0.340 e. The molecule has 0 aromatic carbocycles. The topological polar surface area (TPSA) is 52.8 Å². The molecule has 18 heavy (non-hydrogen) atoms. The third-order valence-electron chi connectivity index (χ3n) is 2.92. The summed E-state index contributed by atoms with van der Waals surface area (Å²) in [6.07, 6.45) is -2.22. The molecule has 1 aliphatic rings. The maximum atomic E-state index is 12.7. The maximum Gasteiger partial charge on any atom is 0.393 e. The molecule has 1 aromatic rings. The quantitative estimate of drug-likeness (QED) is 0.772. The Bertz CT molecular complexity index is 466. The molecule has 0 spiro atoms. The molecule has 1 unspecified atom stereocenters. The van der Waals surface area contributed by atoms with E-state index in [-0.39, 0.29) is 24.6 Å². The average Bonchev–Trinajstić information content (AvgIpc) is 2.38. The first-order valence-electron chi connectivity index (χ1n) is 5.55. The van der Waals surface area contributed by atoms with Crippen molar-refractivity contribution in [2.45, 2.75) is 19.0 Å². The number of hydrogen-bond donors (Lipinski definition) is 0. The molecule has 0 bridgehead atoms. The average molecular weight is 256 g/mol. The summed E-state index contributed by atoms with van der Waals surface area (Å²) in [4.78, 5) is 9.33. The number of aromatic nitrogens is 2. The molecule has 0 N–H and O–H groups in total. The van der Waals surface area contributed by atoms with E-state index in [1.807, 2.05) is 6.07 Å². The molecule has 1 saturated heterocycles. The van der Waals surface area contributed by atoms with E-state index in [0.717, 1.165) is 0 Å². The molecule has 7 heteroatoms. The number of anilines is 1. The van der Waals surface area contributed by atoms with Crippen LogP contribution in [0.1, 0.15) is 18.5 Å². The van der Waals surface area contributed by atoms with Gasteiger partial charge in [0.25, 0.3) is 0 Å². The first-order chi connectivity index (χ1) is 8.50. The fourth-order valence-corrected chi connectivity index (χ4v) is 1.99. The van der Waals surface area contributed by atoms with E-state index in [9.17, 15) is 13.2 Å². The van der Waals surface area contributed by atoms with Crippen molar-refractivity contribution in [1.29, 1.82) is 5.26 Å². The predicted molar refractivity (Wildman–Crippen MR) is 57.7 cm³/mol. The number of nitrogens with zero attached hydrogens (tertiary/aromatic N) is 4. The summed E-state index contributed by atoms with van der Waals surface area (Å²) in [5.74, 6) is -1.15. The Hall–Kier alpha value is -1.84. The van der Waals surface area contributed by atoms with Crippen LogP contribution in [-0.2, 0) is 0 Å². The van der Waals surface area contributed by atoms with Gasteiger partial charge in [0, 0.05) is 19.3 Å². The monoisotopic (exact) mass is 256 g/mol. The van der Waals surface area contributed by atoms with Gasteiger partial charge in [0.1, 0.15) is 11.8 Å². The van der Waals surface area contributed by atoms with Gasteiger partial charge in [0.15, 0.2) is 0 Å². The van der Waals surface area contributed by atoms with E-state index in [2.05, 4.69) is 9.97 Å². The summed E-state index contributed by atoms with van der Waals surface area (Å²) in [7, 11) is 0. The minimum atomic E-state index is -4.19. The van der Waals surface area contributed by atoms with E-state index in [0.29, 0.717) is 13.0 Å². The Labute approximate surface area is 102 Å². The molecule has 2 heterocycles. The Morgan fingerprint density at radius 1 is 1.44 bits per heavy atom. The predicted octanol–water partition coefficient (Wildman–Crippen LogP) is 2.13. The molecule has 2 rings (SSSR count). The molecule has 1 aliphatic heterocycles. The van der Waals surface area contributed by atoms with Gasteiger partial charge in [0.2, 0.25) is 5.95 Å². The van der Waals surface area contributed by atoms with Crippen molar-refractivity contribution < 1.29 is 13.2 Å². The molecule has 1 fully saturated rings. The van der Waals surface area contributed by atoms with E-state index in [1.54, 1.807) is 0 Å². The number of alkyl halides is 3. The molecular weight excluding hydrogens is 245 g/mol. The third-order valence-corrected chi connectivity index (χ3v) is 2.92. The van der Waals surface area contributed by atoms with Gasteiger partial charge in [-0.2, -0.15) is 18.4 Å². The van der Waals surface area contributed by atoms with Crippen molar-refractivity contribution in [2.24, 2.45) is 5.92 Å². The second kappa shape index (κ2) is 4.80. The van der Waals surface area contributed by atoms with Gasteiger partial charge in [-0.1, -0.05) is 0 Å². The van der Waals surface area contributed by atoms with Gasteiger partial charge in [0.05, 0.1) is 5.92 Å². The van der Waals surface area contributed by atoms with Gasteiger partial charge >= 0.3 is 6.18 Å². The summed E-state index contributed by atoms with van der Waals surface area (Å²) >= 11 is 0. The second-order valence-electron chi connectivity index (χ2n) is 4.18. The van der Waals surface area contributed by atoms with E-state index in [4.69, 9.17) is 5.26 Å². The largest absolute Gasteiger partial charge is 0.393 e. The number of rotatable bonds is 1. The number of nitriles is 1. The van der Waals surface area contributed by atoms with Gasteiger partial charge in [-0.25, -0.2) is 9.97 Å². The van der Waals surface area contributed by atoms with Crippen molar-refractivity contribution in [3.05, 3.63) is 18.0 Å². The highest BCUT2D eigenvalue weighted by atomic mass is 19.4. The van der Waals surface area contributed by atoms with Crippen LogP contribution in [0.4, 0.5) is 19.1 Å². The lowest BCUT2D eigenvalue weighted by Gasteiger charge is -2.33. The summed E-state index contributed by atoms with van der Waals surface area (Å²) < 4.78 is 38.0. The van der Waals surface area contributed by atoms with Crippen LogP contribution in [0.25, 0.3) is 0 Å². The summed E-state index contributed by atoms with van der Waals surface area (Å²) in [5, 5.41) is 8.70. The second-order valence-corrected chi connectivity index (χ2v) is 4.18. The lowest BCUT2D eigenvalue weighted by molar-refractivity contribution is -0.176. The van der Waals surface area contributed by atoms with Crippen LogP contribution in [0.5, 0.6) is 0 Å². The van der Waals surface area contributed by atoms with Crippen molar-refractivity contribution in [2.75, 3.05) is 18.0 Å². The molecule has 1 atom stereocenters. The van der Waals surface area contributed by atoms with Gasteiger partial charge in [-0.05, 0) is 18.9 Å². The van der Waals surface area contributed by atoms with Gasteiger partial charge < -0.3 is 4.90 Å². The fourth-order valence-electron chi connectivity index (χ4n) is 1.99. The molecule has 96 valence electrons. The maximum absolute atomic E-state index is 12.7. The van der Waals surface area contributed by atoms with E-state index >= 15 is 0 Å². The lowest BCUT2D eigenvalue weighted by atomic mass is 9.98. The Kier molecular flexibility index (Phi) is 3.36. The van der Waals surface area contributed by atoms with Crippen LogP contribution >= 0.6 is 0 Å². The highest BCUT2D eigenvalue weighted by Crippen LogP contribution is 2.33. The number of halogens is 3. The van der Waals surface area contributed by atoms with Crippen LogP contribution in [0, 0.1) is 17.2 Å². The van der Waals surface area contributed by atoms with Gasteiger partial charge in [-0.15, -0.1) is 0 Å². The fraction of sp³-hybridized carbons (Fsp3) is 0.545.